The lowest BCUT2D eigenvalue weighted by molar-refractivity contribution is -0.116. The number of anilines is 1. The maximum Gasteiger partial charge on any atom is 0.242 e. The van der Waals surface area contributed by atoms with Gasteiger partial charge in [-0.1, -0.05) is 17.7 Å². The summed E-state index contributed by atoms with van der Waals surface area (Å²) in [6.07, 6.45) is 3.18. The van der Waals surface area contributed by atoms with Crippen molar-refractivity contribution in [1.29, 1.82) is 0 Å². The molecular weight excluding hydrogens is 366 g/mol. The summed E-state index contributed by atoms with van der Waals surface area (Å²) in [6.45, 7) is 2.20. The van der Waals surface area contributed by atoms with E-state index in [1.807, 2.05) is 0 Å². The van der Waals surface area contributed by atoms with E-state index >= 15 is 0 Å². The molecule has 0 bridgehead atoms. The van der Waals surface area contributed by atoms with Crippen LogP contribution in [-0.2, 0) is 21.4 Å². The molecule has 0 radical (unpaired) electrons. The van der Waals surface area contributed by atoms with Crippen molar-refractivity contribution in [3.05, 3.63) is 47.2 Å². The van der Waals surface area contributed by atoms with E-state index in [1.54, 1.807) is 24.5 Å². The number of rotatable bonds is 4. The van der Waals surface area contributed by atoms with Crippen molar-refractivity contribution < 1.29 is 17.9 Å². The molecule has 1 aromatic heterocycles. The minimum absolute atomic E-state index is 0.0224. The highest BCUT2D eigenvalue weighted by Gasteiger charge is 2.27. The molecular formula is C16H16ClN3O4S. The van der Waals surface area contributed by atoms with Gasteiger partial charge in [0, 0.05) is 31.9 Å². The Balaban J connectivity index is 1.90. The van der Waals surface area contributed by atoms with Crippen LogP contribution in [0.4, 0.5) is 5.69 Å². The second kappa shape index (κ2) is 6.99. The summed E-state index contributed by atoms with van der Waals surface area (Å²) < 4.78 is 33.1. The van der Waals surface area contributed by atoms with Gasteiger partial charge in [0.05, 0.1) is 17.3 Å². The van der Waals surface area contributed by atoms with Crippen molar-refractivity contribution in [3.63, 3.8) is 0 Å². The van der Waals surface area contributed by atoms with Gasteiger partial charge in [0.1, 0.15) is 17.3 Å². The molecule has 3 rings (SSSR count). The first-order valence-electron chi connectivity index (χ1n) is 7.51. The molecule has 0 atom stereocenters. The largest absolute Gasteiger partial charge is 0.489 e. The second-order valence-corrected chi connectivity index (χ2v) is 7.60. The molecule has 25 heavy (non-hydrogen) atoms. The number of sulfonamides is 1. The summed E-state index contributed by atoms with van der Waals surface area (Å²) >= 11 is 6.17. The normalized spacial score (nSPS) is 13.9. The number of nitrogens with zero attached hydrogens (tertiary/aromatic N) is 2. The monoisotopic (exact) mass is 381 g/mol. The number of ether oxygens (including phenoxy) is 1. The number of hydrogen-bond donors (Lipinski definition) is 1. The fraction of sp³-hybridized carbons (Fsp3) is 0.250. The molecule has 9 heteroatoms. The number of hydrogen-bond acceptors (Lipinski definition) is 5. The SMILES string of the molecule is CC(=O)N1CCOc2cc(S(=O)(=O)NCc3cccnc3)c(Cl)cc21. The van der Waals surface area contributed by atoms with Crippen molar-refractivity contribution in [2.75, 3.05) is 18.1 Å². The van der Waals surface area contributed by atoms with E-state index in [2.05, 4.69) is 9.71 Å². The van der Waals surface area contributed by atoms with Crippen molar-refractivity contribution in [1.82, 2.24) is 9.71 Å². The van der Waals surface area contributed by atoms with Gasteiger partial charge in [-0.05, 0) is 17.7 Å². The Morgan fingerprint density at radius 3 is 2.92 bits per heavy atom. The Kier molecular flexibility index (Phi) is 4.94. The van der Waals surface area contributed by atoms with Gasteiger partial charge in [0.25, 0.3) is 0 Å². The van der Waals surface area contributed by atoms with Crippen molar-refractivity contribution in [2.45, 2.75) is 18.4 Å². The van der Waals surface area contributed by atoms with Gasteiger partial charge in [-0.3, -0.25) is 9.78 Å². The molecule has 132 valence electrons. The number of halogens is 1. The van der Waals surface area contributed by atoms with Crippen LogP contribution >= 0.6 is 11.6 Å². The fourth-order valence-corrected chi connectivity index (χ4v) is 4.06. The molecule has 1 N–H and O–H groups in total. The lowest BCUT2D eigenvalue weighted by Crippen LogP contribution is -2.36. The Hall–Kier alpha value is -2.16. The highest BCUT2D eigenvalue weighted by Crippen LogP contribution is 2.38. The minimum Gasteiger partial charge on any atom is -0.489 e. The highest BCUT2D eigenvalue weighted by atomic mass is 35.5. The summed E-state index contributed by atoms with van der Waals surface area (Å²) in [6, 6.07) is 6.27. The van der Waals surface area contributed by atoms with Gasteiger partial charge in [-0.25, -0.2) is 13.1 Å². The van der Waals surface area contributed by atoms with Crippen molar-refractivity contribution in [3.8, 4) is 5.75 Å². The van der Waals surface area contributed by atoms with E-state index in [-0.39, 0.29) is 29.0 Å². The van der Waals surface area contributed by atoms with Gasteiger partial charge in [0.15, 0.2) is 0 Å². The summed E-state index contributed by atoms with van der Waals surface area (Å²) in [4.78, 5) is 17.1. The second-order valence-electron chi connectivity index (χ2n) is 5.46. The summed E-state index contributed by atoms with van der Waals surface area (Å²) in [5.74, 6) is 0.151. The predicted molar refractivity (Wildman–Crippen MR) is 93.2 cm³/mol. The number of carbonyl (C=O) groups is 1. The van der Waals surface area contributed by atoms with E-state index < -0.39 is 10.0 Å². The molecule has 0 saturated heterocycles. The first kappa shape index (κ1) is 17.7. The van der Waals surface area contributed by atoms with Crippen LogP contribution in [0.1, 0.15) is 12.5 Å². The molecule has 0 unspecified atom stereocenters. The van der Waals surface area contributed by atoms with Gasteiger partial charge in [-0.2, -0.15) is 0 Å². The van der Waals surface area contributed by atoms with Gasteiger partial charge in [0.2, 0.25) is 15.9 Å². The number of benzene rings is 1. The zero-order valence-electron chi connectivity index (χ0n) is 13.4. The first-order chi connectivity index (χ1) is 11.9. The highest BCUT2D eigenvalue weighted by molar-refractivity contribution is 7.89. The van der Waals surface area contributed by atoms with Crippen LogP contribution in [0.5, 0.6) is 5.75 Å². The summed E-state index contributed by atoms with van der Waals surface area (Å²) in [5, 5.41) is 0.0224. The molecule has 1 aliphatic rings. The maximum absolute atomic E-state index is 12.6. The Bertz CT molecular complexity index is 903. The van der Waals surface area contributed by atoms with Crippen molar-refractivity contribution in [2.24, 2.45) is 0 Å². The number of pyridine rings is 1. The van der Waals surface area contributed by atoms with E-state index in [0.717, 1.165) is 5.56 Å². The lowest BCUT2D eigenvalue weighted by atomic mass is 10.2. The van der Waals surface area contributed by atoms with E-state index in [4.69, 9.17) is 16.3 Å². The third kappa shape index (κ3) is 3.76. The number of aromatic nitrogens is 1. The zero-order chi connectivity index (χ0) is 18.0. The quantitative estimate of drug-likeness (QED) is 0.874. The minimum atomic E-state index is -3.85. The van der Waals surface area contributed by atoms with Crippen LogP contribution in [0.2, 0.25) is 5.02 Å². The van der Waals surface area contributed by atoms with Crippen LogP contribution in [0.3, 0.4) is 0 Å². The molecule has 0 spiro atoms. The predicted octanol–water partition coefficient (Wildman–Crippen LogP) is 1.96. The third-order valence-corrected chi connectivity index (χ3v) is 5.60. The zero-order valence-corrected chi connectivity index (χ0v) is 15.0. The number of fused-ring (bicyclic) bond motifs is 1. The molecule has 2 heterocycles. The molecule has 2 aromatic rings. The summed E-state index contributed by atoms with van der Waals surface area (Å²) in [5.41, 5.74) is 1.19. The smallest absolute Gasteiger partial charge is 0.242 e. The molecule has 0 aliphatic carbocycles. The standard InChI is InChI=1S/C16H16ClN3O4S/c1-11(21)20-5-6-24-15-8-16(13(17)7-14(15)20)25(22,23)19-10-12-3-2-4-18-9-12/h2-4,7-9,19H,5-6,10H2,1H3. The Labute approximate surface area is 150 Å². The number of amides is 1. The van der Waals surface area contributed by atoms with E-state index in [0.29, 0.717) is 18.0 Å². The van der Waals surface area contributed by atoms with Gasteiger partial charge in [-0.15, -0.1) is 0 Å². The number of carbonyl (C=O) groups excluding carboxylic acids is 1. The van der Waals surface area contributed by atoms with E-state index in [1.165, 1.54) is 24.0 Å². The Morgan fingerprint density at radius 1 is 1.44 bits per heavy atom. The fourth-order valence-electron chi connectivity index (χ4n) is 2.51. The lowest BCUT2D eigenvalue weighted by Gasteiger charge is -2.29. The molecule has 1 aliphatic heterocycles. The maximum atomic E-state index is 12.6. The molecule has 1 aromatic carbocycles. The average Bonchev–Trinajstić information content (AvgIpc) is 2.59. The molecule has 0 fully saturated rings. The summed E-state index contributed by atoms with van der Waals surface area (Å²) in [7, 11) is -3.85. The van der Waals surface area contributed by atoms with Crippen LogP contribution in [0, 0.1) is 0 Å². The van der Waals surface area contributed by atoms with Gasteiger partial charge >= 0.3 is 0 Å². The van der Waals surface area contributed by atoms with Crippen molar-refractivity contribution >= 4 is 33.2 Å². The molecule has 0 saturated carbocycles. The van der Waals surface area contributed by atoms with Crippen LogP contribution in [-0.4, -0.2) is 32.5 Å². The third-order valence-electron chi connectivity index (χ3n) is 3.74. The van der Waals surface area contributed by atoms with Crippen LogP contribution in [0.25, 0.3) is 0 Å². The van der Waals surface area contributed by atoms with Crippen LogP contribution in [0.15, 0.2) is 41.6 Å². The average molecular weight is 382 g/mol. The Morgan fingerprint density at radius 2 is 2.24 bits per heavy atom. The molecule has 1 amide bonds. The van der Waals surface area contributed by atoms with Crippen LogP contribution < -0.4 is 14.4 Å². The topological polar surface area (TPSA) is 88.6 Å². The van der Waals surface area contributed by atoms with Gasteiger partial charge < -0.3 is 9.64 Å². The molecule has 7 nitrogen and oxygen atoms in total. The van der Waals surface area contributed by atoms with E-state index in [9.17, 15) is 13.2 Å². The number of nitrogens with one attached hydrogen (secondary N) is 1. The first-order valence-corrected chi connectivity index (χ1v) is 9.37.